The monoisotopic (exact) mass is 325 g/mol. The van der Waals surface area contributed by atoms with Crippen LogP contribution in [-0.2, 0) is 4.79 Å². The molecule has 2 amide bonds. The first-order valence-electron chi connectivity index (χ1n) is 7.08. The molecule has 5 nitrogen and oxygen atoms in total. The van der Waals surface area contributed by atoms with E-state index in [1.807, 2.05) is 41.8 Å². The second kappa shape index (κ2) is 6.58. The number of thiophene rings is 1. The average molecular weight is 325 g/mol. The molecule has 1 N–H and O–H groups in total. The number of rotatable bonds is 4. The molecule has 0 spiro atoms. The van der Waals surface area contributed by atoms with Crippen LogP contribution in [0.2, 0.25) is 0 Å². The van der Waals surface area contributed by atoms with Crippen LogP contribution in [0, 0.1) is 0 Å². The predicted octanol–water partition coefficient (Wildman–Crippen LogP) is 3.01. The van der Waals surface area contributed by atoms with Gasteiger partial charge in [0.15, 0.2) is 0 Å². The summed E-state index contributed by atoms with van der Waals surface area (Å²) in [5, 5.41) is 5.56. The minimum atomic E-state index is -0.242. The molecule has 0 aliphatic rings. The summed E-state index contributed by atoms with van der Waals surface area (Å²) in [4.78, 5) is 30.7. The first-order valence-corrected chi connectivity index (χ1v) is 7.95. The highest BCUT2D eigenvalue weighted by Gasteiger charge is 2.16. The summed E-state index contributed by atoms with van der Waals surface area (Å²) in [6.45, 7) is -0.00656. The van der Waals surface area contributed by atoms with Crippen LogP contribution < -0.4 is 5.32 Å². The number of carbonyl (C=O) groups is 2. The average Bonchev–Trinajstić information content (AvgIpc) is 3.08. The normalized spacial score (nSPS) is 10.5. The highest BCUT2D eigenvalue weighted by Crippen LogP contribution is 2.21. The second-order valence-electron chi connectivity index (χ2n) is 5.06. The third-order valence-electron chi connectivity index (χ3n) is 3.38. The fourth-order valence-corrected chi connectivity index (χ4v) is 3.00. The molecule has 0 saturated heterocycles. The number of fused-ring (bicyclic) bond motifs is 1. The molecule has 2 aromatic heterocycles. The topological polar surface area (TPSA) is 62.3 Å². The van der Waals surface area contributed by atoms with Crippen molar-refractivity contribution in [2.75, 3.05) is 18.9 Å². The van der Waals surface area contributed by atoms with Crippen molar-refractivity contribution in [3.05, 3.63) is 58.9 Å². The first-order chi connectivity index (χ1) is 11.1. The second-order valence-corrected chi connectivity index (χ2v) is 6.01. The molecule has 0 unspecified atom stereocenters. The number of anilines is 1. The van der Waals surface area contributed by atoms with E-state index in [-0.39, 0.29) is 18.4 Å². The number of aromatic nitrogens is 1. The number of hydrogen-bond acceptors (Lipinski definition) is 4. The van der Waals surface area contributed by atoms with Crippen molar-refractivity contribution in [3.8, 4) is 0 Å². The van der Waals surface area contributed by atoms with E-state index in [1.54, 1.807) is 19.3 Å². The van der Waals surface area contributed by atoms with Gasteiger partial charge in [0.2, 0.25) is 5.91 Å². The van der Waals surface area contributed by atoms with E-state index >= 15 is 0 Å². The summed E-state index contributed by atoms with van der Waals surface area (Å²) in [6.07, 6.45) is 1.71. The maximum atomic E-state index is 12.2. The lowest BCUT2D eigenvalue weighted by atomic mass is 10.2. The van der Waals surface area contributed by atoms with Crippen molar-refractivity contribution in [1.29, 1.82) is 0 Å². The van der Waals surface area contributed by atoms with Gasteiger partial charge in [-0.05, 0) is 35.7 Å². The Kier molecular flexibility index (Phi) is 4.34. The highest BCUT2D eigenvalue weighted by molar-refractivity contribution is 7.12. The fourth-order valence-electron chi connectivity index (χ4n) is 2.28. The number of nitrogens with zero attached hydrogens (tertiary/aromatic N) is 2. The molecule has 0 bridgehead atoms. The summed E-state index contributed by atoms with van der Waals surface area (Å²) in [5.74, 6) is -0.400. The fraction of sp³-hybridized carbons (Fsp3) is 0.118. The van der Waals surface area contributed by atoms with Crippen molar-refractivity contribution < 1.29 is 9.59 Å². The van der Waals surface area contributed by atoms with Gasteiger partial charge in [-0.15, -0.1) is 11.3 Å². The Hall–Kier alpha value is -2.73. The van der Waals surface area contributed by atoms with Gasteiger partial charge in [-0.1, -0.05) is 12.1 Å². The minimum Gasteiger partial charge on any atom is -0.332 e. The third-order valence-corrected chi connectivity index (χ3v) is 4.24. The molecule has 116 valence electrons. The molecule has 6 heteroatoms. The largest absolute Gasteiger partial charge is 0.332 e. The molecule has 0 aliphatic heterocycles. The van der Waals surface area contributed by atoms with Crippen LogP contribution in [0.1, 0.15) is 9.67 Å². The van der Waals surface area contributed by atoms with Gasteiger partial charge in [-0.3, -0.25) is 14.6 Å². The number of hydrogen-bond donors (Lipinski definition) is 1. The lowest BCUT2D eigenvalue weighted by molar-refractivity contribution is -0.116. The van der Waals surface area contributed by atoms with Crippen molar-refractivity contribution in [2.45, 2.75) is 0 Å². The van der Waals surface area contributed by atoms with E-state index in [9.17, 15) is 9.59 Å². The molecular formula is C17H15N3O2S. The molecule has 3 aromatic rings. The Morgan fingerprint density at radius 1 is 1.17 bits per heavy atom. The molecule has 2 heterocycles. The maximum Gasteiger partial charge on any atom is 0.264 e. The lowest BCUT2D eigenvalue weighted by Crippen LogP contribution is -2.34. The number of amides is 2. The number of benzene rings is 1. The van der Waals surface area contributed by atoms with Crippen molar-refractivity contribution >= 4 is 39.7 Å². The van der Waals surface area contributed by atoms with Gasteiger partial charge in [0.25, 0.3) is 5.91 Å². The summed E-state index contributed by atoms with van der Waals surface area (Å²) in [6, 6.07) is 12.8. The quantitative estimate of drug-likeness (QED) is 0.802. The molecule has 0 aliphatic carbocycles. The molecule has 3 rings (SSSR count). The molecule has 0 saturated carbocycles. The zero-order valence-electron chi connectivity index (χ0n) is 12.5. The Morgan fingerprint density at radius 2 is 2.04 bits per heavy atom. The number of likely N-dealkylation sites (N-methyl/N-ethyl adjacent to an activating group) is 1. The highest BCUT2D eigenvalue weighted by atomic mass is 32.1. The number of pyridine rings is 1. The Labute approximate surface area is 137 Å². The van der Waals surface area contributed by atoms with Crippen LogP contribution in [0.5, 0.6) is 0 Å². The van der Waals surface area contributed by atoms with Gasteiger partial charge in [-0.25, -0.2) is 0 Å². The van der Waals surface area contributed by atoms with Gasteiger partial charge in [0, 0.05) is 18.6 Å². The lowest BCUT2D eigenvalue weighted by Gasteiger charge is -2.16. The van der Waals surface area contributed by atoms with Crippen molar-refractivity contribution in [1.82, 2.24) is 9.88 Å². The maximum absolute atomic E-state index is 12.2. The van der Waals surface area contributed by atoms with Crippen LogP contribution in [-0.4, -0.2) is 35.3 Å². The van der Waals surface area contributed by atoms with Gasteiger partial charge < -0.3 is 10.2 Å². The van der Waals surface area contributed by atoms with Crippen LogP contribution in [0.15, 0.2) is 54.0 Å². The molecule has 23 heavy (non-hydrogen) atoms. The zero-order chi connectivity index (χ0) is 16.2. The number of carbonyl (C=O) groups excluding carboxylic acids is 2. The molecule has 0 atom stereocenters. The van der Waals surface area contributed by atoms with Gasteiger partial charge in [0.05, 0.1) is 22.6 Å². The molecular weight excluding hydrogens is 310 g/mol. The van der Waals surface area contributed by atoms with E-state index in [1.165, 1.54) is 16.2 Å². The number of nitrogens with one attached hydrogen (secondary N) is 1. The van der Waals surface area contributed by atoms with Crippen LogP contribution in [0.25, 0.3) is 10.9 Å². The smallest absolute Gasteiger partial charge is 0.264 e. The van der Waals surface area contributed by atoms with Crippen molar-refractivity contribution in [3.63, 3.8) is 0 Å². The van der Waals surface area contributed by atoms with Crippen LogP contribution >= 0.6 is 11.3 Å². The summed E-state index contributed by atoms with van der Waals surface area (Å²) >= 11 is 1.36. The molecule has 1 aromatic carbocycles. The molecule has 0 radical (unpaired) electrons. The standard InChI is InChI=1S/C17H15N3O2S/c1-20(17(22)15-8-4-10-23-15)11-16(21)19-14-7-2-6-13-12(14)5-3-9-18-13/h2-10H,11H2,1H3,(H,19,21). The predicted molar refractivity (Wildman–Crippen MR) is 91.7 cm³/mol. The third kappa shape index (κ3) is 3.37. The minimum absolute atomic E-state index is 0.00656. The van der Waals surface area contributed by atoms with Crippen molar-refractivity contribution in [2.24, 2.45) is 0 Å². The molecule has 0 fully saturated rings. The van der Waals surface area contributed by atoms with E-state index in [0.717, 1.165) is 10.9 Å². The summed E-state index contributed by atoms with van der Waals surface area (Å²) in [7, 11) is 1.62. The Bertz CT molecular complexity index is 841. The Morgan fingerprint density at radius 3 is 2.83 bits per heavy atom. The SMILES string of the molecule is CN(CC(=O)Nc1cccc2ncccc12)C(=O)c1cccs1. The van der Waals surface area contributed by atoms with E-state index < -0.39 is 0 Å². The zero-order valence-corrected chi connectivity index (χ0v) is 13.3. The summed E-state index contributed by atoms with van der Waals surface area (Å²) in [5.41, 5.74) is 1.51. The van der Waals surface area contributed by atoms with Gasteiger partial charge in [0.1, 0.15) is 0 Å². The van der Waals surface area contributed by atoms with Crippen LogP contribution in [0.3, 0.4) is 0 Å². The Balaban J connectivity index is 1.70. The van der Waals surface area contributed by atoms with Crippen LogP contribution in [0.4, 0.5) is 5.69 Å². The van der Waals surface area contributed by atoms with E-state index in [2.05, 4.69) is 10.3 Å². The van der Waals surface area contributed by atoms with E-state index in [4.69, 9.17) is 0 Å². The summed E-state index contributed by atoms with van der Waals surface area (Å²) < 4.78 is 0. The first kappa shape index (κ1) is 15.2. The van der Waals surface area contributed by atoms with E-state index in [0.29, 0.717) is 10.6 Å². The van der Waals surface area contributed by atoms with Gasteiger partial charge in [-0.2, -0.15) is 0 Å². The van der Waals surface area contributed by atoms with Gasteiger partial charge >= 0.3 is 0 Å².